The summed E-state index contributed by atoms with van der Waals surface area (Å²) in [5, 5.41) is 4.56. The summed E-state index contributed by atoms with van der Waals surface area (Å²) < 4.78 is 7.22. The summed E-state index contributed by atoms with van der Waals surface area (Å²) in [7, 11) is 3.61. The first-order valence-corrected chi connectivity index (χ1v) is 5.72. The number of ether oxygens (including phenoxy) is 1. The fourth-order valence-electron chi connectivity index (χ4n) is 1.91. The van der Waals surface area contributed by atoms with Gasteiger partial charge in [-0.1, -0.05) is 20.8 Å². The van der Waals surface area contributed by atoms with Crippen LogP contribution in [0.3, 0.4) is 0 Å². The third kappa shape index (κ3) is 2.55. The fraction of sp³-hybridized carbons (Fsp3) is 0.750. The van der Waals surface area contributed by atoms with Crippen LogP contribution in [-0.4, -0.2) is 23.4 Å². The SMILES string of the molecule is COc1c(CCCN)c(C(C)(C)C)nn1C. The Morgan fingerprint density at radius 2 is 2.00 bits per heavy atom. The van der Waals surface area contributed by atoms with Crippen LogP contribution in [0.1, 0.15) is 38.4 Å². The Bertz CT molecular complexity index is 350. The van der Waals surface area contributed by atoms with E-state index in [-0.39, 0.29) is 5.41 Å². The average molecular weight is 225 g/mol. The van der Waals surface area contributed by atoms with Crippen molar-refractivity contribution in [2.24, 2.45) is 12.8 Å². The van der Waals surface area contributed by atoms with E-state index in [1.807, 2.05) is 11.7 Å². The molecule has 16 heavy (non-hydrogen) atoms. The molecule has 0 unspecified atom stereocenters. The molecule has 0 fully saturated rings. The number of nitrogens with zero attached hydrogens (tertiary/aromatic N) is 2. The van der Waals surface area contributed by atoms with Gasteiger partial charge in [0, 0.05) is 18.0 Å². The molecule has 4 heteroatoms. The third-order valence-electron chi connectivity index (χ3n) is 2.62. The Morgan fingerprint density at radius 1 is 1.38 bits per heavy atom. The zero-order valence-electron chi connectivity index (χ0n) is 11.0. The van der Waals surface area contributed by atoms with Gasteiger partial charge in [0.15, 0.2) is 0 Å². The van der Waals surface area contributed by atoms with E-state index < -0.39 is 0 Å². The average Bonchev–Trinajstić information content (AvgIpc) is 2.51. The lowest BCUT2D eigenvalue weighted by atomic mass is 9.88. The molecule has 1 aromatic rings. The van der Waals surface area contributed by atoms with Crippen LogP contribution < -0.4 is 10.5 Å². The van der Waals surface area contributed by atoms with Crippen molar-refractivity contribution in [3.63, 3.8) is 0 Å². The van der Waals surface area contributed by atoms with Crippen molar-refractivity contribution >= 4 is 0 Å². The Hall–Kier alpha value is -1.03. The van der Waals surface area contributed by atoms with Crippen LogP contribution in [0.4, 0.5) is 0 Å². The summed E-state index contributed by atoms with van der Waals surface area (Å²) in [5.74, 6) is 0.860. The highest BCUT2D eigenvalue weighted by Gasteiger charge is 2.25. The maximum Gasteiger partial charge on any atom is 0.214 e. The minimum Gasteiger partial charge on any atom is -0.481 e. The molecule has 4 nitrogen and oxygen atoms in total. The maximum absolute atomic E-state index is 5.57. The third-order valence-corrected chi connectivity index (χ3v) is 2.62. The van der Waals surface area contributed by atoms with E-state index in [4.69, 9.17) is 10.5 Å². The van der Waals surface area contributed by atoms with Gasteiger partial charge in [-0.2, -0.15) is 5.10 Å². The van der Waals surface area contributed by atoms with Gasteiger partial charge in [-0.15, -0.1) is 0 Å². The second kappa shape index (κ2) is 4.87. The lowest BCUT2D eigenvalue weighted by Crippen LogP contribution is -2.15. The van der Waals surface area contributed by atoms with E-state index in [1.54, 1.807) is 7.11 Å². The molecule has 0 spiro atoms. The van der Waals surface area contributed by atoms with Gasteiger partial charge in [-0.3, -0.25) is 0 Å². The van der Waals surface area contributed by atoms with Crippen LogP contribution in [0.2, 0.25) is 0 Å². The summed E-state index contributed by atoms with van der Waals surface area (Å²) >= 11 is 0. The molecule has 0 saturated carbocycles. The van der Waals surface area contributed by atoms with Crippen LogP contribution in [-0.2, 0) is 18.9 Å². The van der Waals surface area contributed by atoms with Crippen LogP contribution >= 0.6 is 0 Å². The number of aromatic nitrogens is 2. The largest absolute Gasteiger partial charge is 0.481 e. The second-order valence-electron chi connectivity index (χ2n) is 5.10. The molecule has 0 aromatic carbocycles. The van der Waals surface area contributed by atoms with Gasteiger partial charge in [-0.25, -0.2) is 4.68 Å². The van der Waals surface area contributed by atoms with Crippen molar-refractivity contribution < 1.29 is 4.74 Å². The summed E-state index contributed by atoms with van der Waals surface area (Å²) in [6, 6.07) is 0. The molecule has 0 atom stereocenters. The fourth-order valence-corrected chi connectivity index (χ4v) is 1.91. The van der Waals surface area contributed by atoms with E-state index in [2.05, 4.69) is 25.9 Å². The van der Waals surface area contributed by atoms with Crippen molar-refractivity contribution in [3.05, 3.63) is 11.3 Å². The van der Waals surface area contributed by atoms with Crippen molar-refractivity contribution in [3.8, 4) is 5.88 Å². The number of hydrogen-bond acceptors (Lipinski definition) is 3. The van der Waals surface area contributed by atoms with Gasteiger partial charge in [0.25, 0.3) is 0 Å². The summed E-state index contributed by atoms with van der Waals surface area (Å²) in [6.45, 7) is 7.20. The van der Waals surface area contributed by atoms with Gasteiger partial charge in [0.1, 0.15) is 0 Å². The molecular formula is C12H23N3O. The molecule has 0 aliphatic heterocycles. The molecule has 0 radical (unpaired) electrons. The van der Waals surface area contributed by atoms with Crippen LogP contribution in [0.5, 0.6) is 5.88 Å². The number of aryl methyl sites for hydroxylation is 1. The number of hydrogen-bond donors (Lipinski definition) is 1. The molecule has 0 aliphatic rings. The van der Waals surface area contributed by atoms with Crippen molar-refractivity contribution in [2.75, 3.05) is 13.7 Å². The molecule has 1 rings (SSSR count). The molecule has 1 heterocycles. The van der Waals surface area contributed by atoms with E-state index >= 15 is 0 Å². The minimum absolute atomic E-state index is 0.0402. The highest BCUT2D eigenvalue weighted by molar-refractivity contribution is 5.35. The summed E-state index contributed by atoms with van der Waals surface area (Å²) in [5.41, 5.74) is 7.91. The van der Waals surface area contributed by atoms with Gasteiger partial charge in [0.05, 0.1) is 12.8 Å². The summed E-state index contributed by atoms with van der Waals surface area (Å²) in [6.07, 6.45) is 1.89. The Kier molecular flexibility index (Phi) is 3.97. The van der Waals surface area contributed by atoms with Gasteiger partial charge >= 0.3 is 0 Å². The molecule has 1 aromatic heterocycles. The summed E-state index contributed by atoms with van der Waals surface area (Å²) in [4.78, 5) is 0. The lowest BCUT2D eigenvalue weighted by Gasteiger charge is -2.17. The lowest BCUT2D eigenvalue weighted by molar-refractivity contribution is 0.369. The first kappa shape index (κ1) is 13.0. The van der Waals surface area contributed by atoms with E-state index in [9.17, 15) is 0 Å². The number of rotatable bonds is 4. The zero-order chi connectivity index (χ0) is 12.3. The van der Waals surface area contributed by atoms with Crippen molar-refractivity contribution in [1.82, 2.24) is 9.78 Å². The van der Waals surface area contributed by atoms with Gasteiger partial charge in [0.2, 0.25) is 5.88 Å². The van der Waals surface area contributed by atoms with Crippen molar-refractivity contribution in [2.45, 2.75) is 39.0 Å². The molecular weight excluding hydrogens is 202 g/mol. The zero-order valence-corrected chi connectivity index (χ0v) is 11.0. The van der Waals surface area contributed by atoms with E-state index in [1.165, 1.54) is 5.56 Å². The molecule has 0 aliphatic carbocycles. The molecule has 0 saturated heterocycles. The molecule has 0 amide bonds. The highest BCUT2D eigenvalue weighted by atomic mass is 16.5. The monoisotopic (exact) mass is 225 g/mol. The van der Waals surface area contributed by atoms with E-state index in [0.29, 0.717) is 6.54 Å². The maximum atomic E-state index is 5.57. The first-order chi connectivity index (χ1) is 7.41. The molecule has 92 valence electrons. The van der Waals surface area contributed by atoms with Crippen LogP contribution in [0.25, 0.3) is 0 Å². The first-order valence-electron chi connectivity index (χ1n) is 5.72. The second-order valence-corrected chi connectivity index (χ2v) is 5.10. The predicted molar refractivity (Wildman–Crippen MR) is 65.8 cm³/mol. The minimum atomic E-state index is 0.0402. The highest BCUT2D eigenvalue weighted by Crippen LogP contribution is 2.31. The van der Waals surface area contributed by atoms with Crippen LogP contribution in [0.15, 0.2) is 0 Å². The Balaban J connectivity index is 3.16. The number of nitrogens with two attached hydrogens (primary N) is 1. The standard InChI is InChI=1S/C12H23N3O/c1-12(2,3)10-9(7-6-8-13)11(16-5)15(4)14-10/h6-8,13H2,1-5H3. The normalized spacial score (nSPS) is 11.9. The quantitative estimate of drug-likeness (QED) is 0.847. The van der Waals surface area contributed by atoms with Gasteiger partial charge in [-0.05, 0) is 19.4 Å². The Labute approximate surface area is 97.8 Å². The van der Waals surface area contributed by atoms with Gasteiger partial charge < -0.3 is 10.5 Å². The topological polar surface area (TPSA) is 53.1 Å². The number of methoxy groups -OCH3 is 1. The van der Waals surface area contributed by atoms with E-state index in [0.717, 1.165) is 24.4 Å². The molecule has 0 bridgehead atoms. The smallest absolute Gasteiger partial charge is 0.214 e. The Morgan fingerprint density at radius 3 is 2.44 bits per heavy atom. The van der Waals surface area contributed by atoms with Crippen molar-refractivity contribution in [1.29, 1.82) is 0 Å². The molecule has 2 N–H and O–H groups in total. The van der Waals surface area contributed by atoms with Crippen LogP contribution in [0, 0.1) is 0 Å². The predicted octanol–water partition coefficient (Wildman–Crippen LogP) is 1.62.